The first kappa shape index (κ1) is 16.3. The van der Waals surface area contributed by atoms with E-state index in [2.05, 4.69) is 10.9 Å². The second-order valence-electron chi connectivity index (χ2n) is 1.87. The molecule has 0 unspecified atom stereocenters. The molecule has 14 heavy (non-hydrogen) atoms. The van der Waals surface area contributed by atoms with Crippen molar-refractivity contribution >= 4 is 11.9 Å². The molecule has 2 N–H and O–H groups in total. The number of carbonyl (C=O) groups is 1. The fourth-order valence-corrected chi connectivity index (χ4v) is 0.676. The van der Waals surface area contributed by atoms with Gasteiger partial charge in [-0.1, -0.05) is 4.98 Å². The molecular formula is C5H7KN4O4. The third kappa shape index (κ3) is 4.37. The molecule has 0 bridgehead atoms. The van der Waals surface area contributed by atoms with Crippen LogP contribution in [0.1, 0.15) is 11.7 Å². The van der Waals surface area contributed by atoms with Crippen LogP contribution in [0, 0.1) is 15.3 Å². The quantitative estimate of drug-likeness (QED) is 0.307. The number of carbonyl (C=O) groups excluding carboxylic acids is 1. The number of rotatable bonds is 1. The van der Waals surface area contributed by atoms with Crippen LogP contribution in [0.15, 0.2) is 12.4 Å². The van der Waals surface area contributed by atoms with Crippen molar-refractivity contribution in [3.63, 3.8) is 0 Å². The van der Waals surface area contributed by atoms with E-state index in [0.29, 0.717) is 0 Å². The zero-order chi connectivity index (χ0) is 10.4. The summed E-state index contributed by atoms with van der Waals surface area (Å²) in [6, 6.07) is 0. The van der Waals surface area contributed by atoms with Gasteiger partial charge in [0.2, 0.25) is 0 Å². The molecule has 0 fully saturated rings. The summed E-state index contributed by atoms with van der Waals surface area (Å²) in [6.45, 7) is 1.23. The molecule has 0 atom stereocenters. The van der Waals surface area contributed by atoms with Gasteiger partial charge in [0.1, 0.15) is 12.4 Å². The minimum Gasteiger partial charge on any atom is -0.790 e. The minimum absolute atomic E-state index is 0. The maximum Gasteiger partial charge on any atom is 1.00 e. The second kappa shape index (κ2) is 8.17. The largest absolute Gasteiger partial charge is 1.00 e. The first-order valence-electron chi connectivity index (χ1n) is 3.05. The molecule has 1 heterocycles. The van der Waals surface area contributed by atoms with Gasteiger partial charge in [-0.2, -0.15) is 4.57 Å². The zero-order valence-corrected chi connectivity index (χ0v) is 10.8. The summed E-state index contributed by atoms with van der Waals surface area (Å²) in [5.41, 5.74) is 0. The van der Waals surface area contributed by atoms with Gasteiger partial charge in [-0.05, 0) is 4.92 Å². The fourth-order valence-electron chi connectivity index (χ4n) is 0.676. The number of hydrogen-bond acceptors (Lipinski definition) is 6. The van der Waals surface area contributed by atoms with Crippen molar-refractivity contribution in [1.82, 2.24) is 9.55 Å². The molecule has 0 saturated carbocycles. The Morgan fingerprint density at radius 3 is 2.43 bits per heavy atom. The molecule has 1 rings (SSSR count). The van der Waals surface area contributed by atoms with E-state index in [1.165, 1.54) is 19.3 Å². The van der Waals surface area contributed by atoms with E-state index < -0.39 is 16.8 Å². The summed E-state index contributed by atoms with van der Waals surface area (Å²) >= 11 is 0. The zero-order valence-electron chi connectivity index (χ0n) is 7.71. The van der Waals surface area contributed by atoms with Crippen LogP contribution >= 0.6 is 0 Å². The summed E-state index contributed by atoms with van der Waals surface area (Å²) in [7, 11) is 0. The van der Waals surface area contributed by atoms with Gasteiger partial charge in [-0.15, -0.1) is 0 Å². The molecular weight excluding hydrogens is 219 g/mol. The Morgan fingerprint density at radius 1 is 1.64 bits per heavy atom. The smallest absolute Gasteiger partial charge is 0.790 e. The summed E-state index contributed by atoms with van der Waals surface area (Å²) in [6.07, 6.45) is 2.46. The average Bonchev–Trinajstić information content (AvgIpc) is 2.55. The predicted octanol–water partition coefficient (Wildman–Crippen LogP) is -3.10. The molecule has 0 aliphatic rings. The van der Waals surface area contributed by atoms with Crippen LogP contribution in [-0.2, 0) is 0 Å². The molecule has 0 spiro atoms. The molecule has 1 aromatic rings. The van der Waals surface area contributed by atoms with E-state index in [0.717, 1.165) is 4.57 Å². The van der Waals surface area contributed by atoms with E-state index >= 15 is 0 Å². The fraction of sp³-hybridized carbons (Fsp3) is 0.200. The molecule has 1 aromatic heterocycles. The van der Waals surface area contributed by atoms with E-state index in [4.69, 9.17) is 5.21 Å². The van der Waals surface area contributed by atoms with Crippen molar-refractivity contribution in [3.8, 4) is 0 Å². The Balaban J connectivity index is 0. The Morgan fingerprint density at radius 2 is 2.14 bits per heavy atom. The van der Waals surface area contributed by atoms with Crippen molar-refractivity contribution in [3.05, 3.63) is 27.7 Å². The summed E-state index contributed by atoms with van der Waals surface area (Å²) in [5, 5.41) is 17.9. The Bertz CT molecular complexity index is 284. The minimum atomic E-state index is -0.707. The number of nitro groups is 1. The van der Waals surface area contributed by atoms with E-state index in [1.807, 2.05) is 0 Å². The average molecular weight is 226 g/mol. The van der Waals surface area contributed by atoms with Crippen molar-refractivity contribution in [2.45, 2.75) is 6.92 Å². The maximum absolute atomic E-state index is 10.7. The van der Waals surface area contributed by atoms with E-state index in [1.54, 1.807) is 0 Å². The van der Waals surface area contributed by atoms with Crippen LogP contribution in [0.4, 0.5) is 5.95 Å². The van der Waals surface area contributed by atoms with Crippen molar-refractivity contribution in [2.75, 3.05) is 0 Å². The van der Waals surface area contributed by atoms with Gasteiger partial charge in [0.15, 0.2) is 0 Å². The van der Waals surface area contributed by atoms with Crippen molar-refractivity contribution in [2.24, 2.45) is 5.90 Å². The third-order valence-electron chi connectivity index (χ3n) is 1.12. The topological polar surface area (TPSA) is 127 Å². The van der Waals surface area contributed by atoms with Crippen LogP contribution < -0.4 is 57.3 Å². The SMILES string of the molecule is CC(=O)n1ccnc1[N+](=O)[O-].N[O-].[K+]. The van der Waals surface area contributed by atoms with Crippen molar-refractivity contribution in [1.29, 1.82) is 0 Å². The predicted molar refractivity (Wildman–Crippen MR) is 42.7 cm³/mol. The van der Waals surface area contributed by atoms with Gasteiger partial charge in [0.25, 0.3) is 5.91 Å². The van der Waals surface area contributed by atoms with Crippen LogP contribution in [-0.4, -0.2) is 20.4 Å². The van der Waals surface area contributed by atoms with Crippen LogP contribution in [0.2, 0.25) is 0 Å². The monoisotopic (exact) mass is 226 g/mol. The van der Waals surface area contributed by atoms with E-state index in [-0.39, 0.29) is 51.4 Å². The number of nitrogens with zero attached hydrogens (tertiary/aromatic N) is 3. The summed E-state index contributed by atoms with van der Waals surface area (Å²) in [5.74, 6) is 2.38. The number of nitrogens with two attached hydrogens (primary N) is 1. The standard InChI is InChI=1S/C5H5N3O3.K.H2NO/c1-4(9)7-3-2-6-5(7)8(10)11;;1-2/h2-3H,1H3;;1H2/q;+1;-1. The van der Waals surface area contributed by atoms with Crippen molar-refractivity contribution < 1.29 is 61.1 Å². The van der Waals surface area contributed by atoms with Gasteiger partial charge in [0, 0.05) is 6.92 Å². The molecule has 9 heteroatoms. The molecule has 0 aromatic carbocycles. The molecule has 8 nitrogen and oxygen atoms in total. The molecule has 0 saturated heterocycles. The number of hydrogen-bond donors (Lipinski definition) is 1. The maximum atomic E-state index is 10.7. The third-order valence-corrected chi connectivity index (χ3v) is 1.12. The van der Waals surface area contributed by atoms with Gasteiger partial charge in [-0.25, -0.2) is 0 Å². The molecule has 0 aliphatic heterocycles. The molecule has 0 aliphatic carbocycles. The summed E-state index contributed by atoms with van der Waals surface area (Å²) < 4.78 is 0.875. The Labute approximate surface area is 122 Å². The number of imidazole rings is 1. The van der Waals surface area contributed by atoms with Gasteiger partial charge < -0.3 is 21.2 Å². The molecule has 72 valence electrons. The van der Waals surface area contributed by atoms with Crippen LogP contribution in [0.25, 0.3) is 0 Å². The van der Waals surface area contributed by atoms with E-state index in [9.17, 15) is 14.9 Å². The molecule has 0 radical (unpaired) electrons. The van der Waals surface area contributed by atoms with Gasteiger partial charge in [0.05, 0.1) is 0 Å². The summed E-state index contributed by atoms with van der Waals surface area (Å²) in [4.78, 5) is 23.5. The molecule has 0 amide bonds. The van der Waals surface area contributed by atoms with Gasteiger partial charge in [-0.3, -0.25) is 4.79 Å². The Hall–Kier alpha value is -0.164. The first-order chi connectivity index (χ1) is 6.13. The van der Waals surface area contributed by atoms with Crippen LogP contribution in [0.3, 0.4) is 0 Å². The van der Waals surface area contributed by atoms with Gasteiger partial charge >= 0.3 is 57.3 Å². The Kier molecular flexibility index (Phi) is 9.50. The second-order valence-corrected chi connectivity index (χ2v) is 1.87. The normalized spacial score (nSPS) is 7.93. The first-order valence-corrected chi connectivity index (χ1v) is 3.05. The van der Waals surface area contributed by atoms with Crippen LogP contribution in [0.5, 0.6) is 0 Å². The number of aromatic nitrogens is 2.